The van der Waals surface area contributed by atoms with Gasteiger partial charge in [0, 0.05) is 25.8 Å². The van der Waals surface area contributed by atoms with Crippen molar-refractivity contribution in [3.05, 3.63) is 29.3 Å². The highest BCUT2D eigenvalue weighted by Gasteiger charge is 2.06. The van der Waals surface area contributed by atoms with Gasteiger partial charge in [-0.2, -0.15) is 0 Å². The first kappa shape index (κ1) is 18.3. The van der Waals surface area contributed by atoms with E-state index in [2.05, 4.69) is 10.3 Å². The Kier molecular flexibility index (Phi) is 8.32. The molecule has 0 saturated carbocycles. The second kappa shape index (κ2) is 10.0. The highest BCUT2D eigenvalue weighted by atomic mass is 16.5. The monoisotopic (exact) mass is 309 g/mol. The standard InChI is InChI=1S/C16H27N3O3/c1-12-5-6-14(15(9-12)22-8-7-20-3)10-18-16(17)19-13(2)11-21-4/h5-6,9,13H,7-8,10-11H2,1-4H3,(H3,17,18,19). The Morgan fingerprint density at radius 2 is 2.05 bits per heavy atom. The van der Waals surface area contributed by atoms with E-state index < -0.39 is 0 Å². The average molecular weight is 309 g/mol. The molecule has 1 aromatic carbocycles. The molecule has 0 aromatic heterocycles. The molecule has 0 heterocycles. The molecule has 1 unspecified atom stereocenters. The average Bonchev–Trinajstić information content (AvgIpc) is 2.47. The number of rotatable bonds is 9. The number of guanidine groups is 1. The van der Waals surface area contributed by atoms with Crippen molar-refractivity contribution in [1.29, 1.82) is 0 Å². The summed E-state index contributed by atoms with van der Waals surface area (Å²) in [5.74, 6) is 1.21. The molecule has 0 aliphatic rings. The predicted octanol–water partition coefficient (Wildman–Crippen LogP) is 1.46. The molecule has 6 heteroatoms. The van der Waals surface area contributed by atoms with E-state index in [1.807, 2.05) is 32.0 Å². The van der Waals surface area contributed by atoms with Crippen molar-refractivity contribution in [1.82, 2.24) is 5.32 Å². The van der Waals surface area contributed by atoms with Gasteiger partial charge in [-0.3, -0.25) is 0 Å². The van der Waals surface area contributed by atoms with E-state index in [1.54, 1.807) is 14.2 Å². The summed E-state index contributed by atoms with van der Waals surface area (Å²) in [6.07, 6.45) is 0. The zero-order chi connectivity index (χ0) is 16.4. The fourth-order valence-electron chi connectivity index (χ4n) is 1.92. The first-order valence-corrected chi connectivity index (χ1v) is 7.33. The molecule has 6 nitrogen and oxygen atoms in total. The van der Waals surface area contributed by atoms with Crippen LogP contribution in [0.15, 0.2) is 23.2 Å². The van der Waals surface area contributed by atoms with Gasteiger partial charge in [0.1, 0.15) is 12.4 Å². The number of aliphatic imine (C=N–C) groups is 1. The van der Waals surface area contributed by atoms with Crippen LogP contribution in [0.1, 0.15) is 18.1 Å². The lowest BCUT2D eigenvalue weighted by molar-refractivity contribution is 0.145. The Labute approximate surface area is 132 Å². The zero-order valence-corrected chi connectivity index (χ0v) is 13.9. The molecule has 0 aliphatic heterocycles. The van der Waals surface area contributed by atoms with E-state index in [4.69, 9.17) is 19.9 Å². The maximum Gasteiger partial charge on any atom is 0.189 e. The lowest BCUT2D eigenvalue weighted by atomic mass is 10.1. The predicted molar refractivity (Wildman–Crippen MR) is 88.4 cm³/mol. The minimum atomic E-state index is 0.115. The van der Waals surface area contributed by atoms with Crippen molar-refractivity contribution in [2.45, 2.75) is 26.4 Å². The number of nitrogens with one attached hydrogen (secondary N) is 1. The van der Waals surface area contributed by atoms with Crippen molar-refractivity contribution >= 4 is 5.96 Å². The smallest absolute Gasteiger partial charge is 0.189 e. The first-order chi connectivity index (χ1) is 10.6. The maximum atomic E-state index is 5.88. The molecule has 22 heavy (non-hydrogen) atoms. The van der Waals surface area contributed by atoms with Gasteiger partial charge in [-0.1, -0.05) is 12.1 Å². The normalized spacial score (nSPS) is 13.0. The third-order valence-electron chi connectivity index (χ3n) is 3.00. The highest BCUT2D eigenvalue weighted by Crippen LogP contribution is 2.21. The van der Waals surface area contributed by atoms with E-state index >= 15 is 0 Å². The van der Waals surface area contributed by atoms with E-state index in [0.717, 1.165) is 16.9 Å². The van der Waals surface area contributed by atoms with Gasteiger partial charge >= 0.3 is 0 Å². The summed E-state index contributed by atoms with van der Waals surface area (Å²) in [4.78, 5) is 4.35. The van der Waals surface area contributed by atoms with Crippen molar-refractivity contribution in [2.24, 2.45) is 10.7 Å². The fourth-order valence-corrected chi connectivity index (χ4v) is 1.92. The van der Waals surface area contributed by atoms with Gasteiger partial charge in [-0.05, 0) is 25.5 Å². The molecule has 1 aromatic rings. The number of hydrogen-bond acceptors (Lipinski definition) is 4. The van der Waals surface area contributed by atoms with Crippen molar-refractivity contribution in [3.8, 4) is 5.75 Å². The first-order valence-electron chi connectivity index (χ1n) is 7.33. The van der Waals surface area contributed by atoms with E-state index in [-0.39, 0.29) is 6.04 Å². The lowest BCUT2D eigenvalue weighted by Gasteiger charge is -2.14. The molecule has 1 atom stereocenters. The van der Waals surface area contributed by atoms with Crippen LogP contribution >= 0.6 is 0 Å². The fraction of sp³-hybridized carbons (Fsp3) is 0.562. The van der Waals surface area contributed by atoms with Crippen LogP contribution in [-0.4, -0.2) is 46.0 Å². The van der Waals surface area contributed by atoms with Crippen LogP contribution in [0, 0.1) is 6.92 Å². The molecule has 0 amide bonds. The van der Waals surface area contributed by atoms with Crippen LogP contribution in [-0.2, 0) is 16.0 Å². The number of methoxy groups -OCH3 is 2. The molecule has 1 rings (SSSR count). The van der Waals surface area contributed by atoms with E-state index in [9.17, 15) is 0 Å². The Balaban J connectivity index is 2.67. The molecular formula is C16H27N3O3. The zero-order valence-electron chi connectivity index (χ0n) is 13.9. The summed E-state index contributed by atoms with van der Waals surface area (Å²) in [5.41, 5.74) is 8.01. The molecule has 0 radical (unpaired) electrons. The molecule has 0 saturated heterocycles. The molecule has 0 fully saturated rings. The quantitative estimate of drug-likeness (QED) is 0.410. The van der Waals surface area contributed by atoms with Gasteiger partial charge in [0.05, 0.1) is 19.8 Å². The molecule has 0 spiro atoms. The second-order valence-electron chi connectivity index (χ2n) is 5.15. The number of aryl methyl sites for hydroxylation is 1. The number of nitrogens with two attached hydrogens (primary N) is 1. The van der Waals surface area contributed by atoms with Gasteiger partial charge in [0.2, 0.25) is 0 Å². The van der Waals surface area contributed by atoms with Gasteiger partial charge in [-0.15, -0.1) is 0 Å². The van der Waals surface area contributed by atoms with E-state index in [1.165, 1.54) is 0 Å². The largest absolute Gasteiger partial charge is 0.491 e. The minimum absolute atomic E-state index is 0.115. The van der Waals surface area contributed by atoms with Crippen LogP contribution < -0.4 is 15.8 Å². The Morgan fingerprint density at radius 1 is 1.27 bits per heavy atom. The van der Waals surface area contributed by atoms with Gasteiger partial charge < -0.3 is 25.3 Å². The summed E-state index contributed by atoms with van der Waals surface area (Å²) in [6, 6.07) is 6.15. The highest BCUT2D eigenvalue weighted by molar-refractivity contribution is 5.78. The van der Waals surface area contributed by atoms with Crippen LogP contribution in [0.2, 0.25) is 0 Å². The van der Waals surface area contributed by atoms with Crippen LogP contribution in [0.5, 0.6) is 5.75 Å². The van der Waals surface area contributed by atoms with Gasteiger partial charge in [0.15, 0.2) is 5.96 Å². The minimum Gasteiger partial charge on any atom is -0.491 e. The van der Waals surface area contributed by atoms with Crippen molar-refractivity contribution < 1.29 is 14.2 Å². The summed E-state index contributed by atoms with van der Waals surface area (Å²) in [7, 11) is 3.31. The molecular weight excluding hydrogens is 282 g/mol. The Hall–Kier alpha value is -1.79. The van der Waals surface area contributed by atoms with Crippen LogP contribution in [0.4, 0.5) is 0 Å². The number of nitrogens with zero attached hydrogens (tertiary/aromatic N) is 1. The van der Waals surface area contributed by atoms with Crippen LogP contribution in [0.3, 0.4) is 0 Å². The topological polar surface area (TPSA) is 78.1 Å². The Bertz CT molecular complexity index is 478. The SMILES string of the molecule is COCCOc1cc(C)ccc1CN=C(N)NC(C)COC. The van der Waals surface area contributed by atoms with Crippen molar-refractivity contribution in [2.75, 3.05) is 34.0 Å². The number of benzene rings is 1. The molecule has 124 valence electrons. The summed E-state index contributed by atoms with van der Waals surface area (Å²) >= 11 is 0. The van der Waals surface area contributed by atoms with Crippen LogP contribution in [0.25, 0.3) is 0 Å². The summed E-state index contributed by atoms with van der Waals surface area (Å²) < 4.78 is 15.8. The number of ether oxygens (including phenoxy) is 3. The molecule has 0 bridgehead atoms. The maximum absolute atomic E-state index is 5.88. The number of hydrogen-bond donors (Lipinski definition) is 2. The van der Waals surface area contributed by atoms with E-state index in [0.29, 0.717) is 32.3 Å². The molecule has 3 N–H and O–H groups in total. The lowest BCUT2D eigenvalue weighted by Crippen LogP contribution is -2.40. The second-order valence-corrected chi connectivity index (χ2v) is 5.15. The summed E-state index contributed by atoms with van der Waals surface area (Å²) in [5, 5.41) is 3.08. The third-order valence-corrected chi connectivity index (χ3v) is 3.00. The summed E-state index contributed by atoms with van der Waals surface area (Å²) in [6.45, 7) is 6.10. The molecule has 0 aliphatic carbocycles. The third kappa shape index (κ3) is 6.78. The van der Waals surface area contributed by atoms with Gasteiger partial charge in [0.25, 0.3) is 0 Å². The Morgan fingerprint density at radius 3 is 2.73 bits per heavy atom. The van der Waals surface area contributed by atoms with Gasteiger partial charge in [-0.25, -0.2) is 4.99 Å². The van der Waals surface area contributed by atoms with Crippen molar-refractivity contribution in [3.63, 3.8) is 0 Å².